The van der Waals surface area contributed by atoms with Crippen LogP contribution < -0.4 is 0 Å². The van der Waals surface area contributed by atoms with Crippen LogP contribution >= 0.6 is 0 Å². The van der Waals surface area contributed by atoms with E-state index in [1.165, 1.54) is 12.8 Å². The lowest BCUT2D eigenvalue weighted by Crippen LogP contribution is -1.96. The molecule has 0 aliphatic heterocycles. The molecule has 0 aromatic heterocycles. The number of ketones is 1. The second kappa shape index (κ2) is 8.98. The predicted octanol–water partition coefficient (Wildman–Crippen LogP) is 4.13. The van der Waals surface area contributed by atoms with Gasteiger partial charge >= 0.3 is 0 Å². The van der Waals surface area contributed by atoms with Gasteiger partial charge in [-0.05, 0) is 31.3 Å². The first-order valence-electron chi connectivity index (χ1n) is 5.95. The normalized spacial score (nSPS) is 11.4. The van der Waals surface area contributed by atoms with E-state index in [0.717, 1.165) is 25.7 Å². The summed E-state index contributed by atoms with van der Waals surface area (Å²) in [4.78, 5) is 11.4. The SMILES string of the molecule is CCCCCC(=O)C=CC(CC)CC. The van der Waals surface area contributed by atoms with E-state index in [9.17, 15) is 4.79 Å². The fourth-order valence-corrected chi connectivity index (χ4v) is 1.44. The van der Waals surface area contributed by atoms with Crippen molar-refractivity contribution in [2.45, 2.75) is 59.3 Å². The van der Waals surface area contributed by atoms with Gasteiger partial charge in [0.25, 0.3) is 0 Å². The monoisotopic (exact) mass is 196 g/mol. The molecule has 1 nitrogen and oxygen atoms in total. The molecule has 1 heteroatoms. The molecule has 0 aromatic rings. The Morgan fingerprint density at radius 2 is 1.79 bits per heavy atom. The summed E-state index contributed by atoms with van der Waals surface area (Å²) in [6, 6.07) is 0. The molecule has 0 aliphatic rings. The van der Waals surface area contributed by atoms with E-state index in [1.54, 1.807) is 6.08 Å². The molecular formula is C13H24O. The molecule has 0 spiro atoms. The van der Waals surface area contributed by atoms with Gasteiger partial charge in [-0.3, -0.25) is 4.79 Å². The number of hydrogen-bond donors (Lipinski definition) is 0. The summed E-state index contributed by atoms with van der Waals surface area (Å²) in [5.41, 5.74) is 0. The van der Waals surface area contributed by atoms with Crippen LogP contribution in [0.3, 0.4) is 0 Å². The number of rotatable bonds is 8. The van der Waals surface area contributed by atoms with Gasteiger partial charge < -0.3 is 0 Å². The van der Waals surface area contributed by atoms with Crippen molar-refractivity contribution >= 4 is 5.78 Å². The molecule has 0 rings (SSSR count). The molecule has 0 atom stereocenters. The van der Waals surface area contributed by atoms with E-state index in [0.29, 0.717) is 11.7 Å². The van der Waals surface area contributed by atoms with Crippen LogP contribution in [0.4, 0.5) is 0 Å². The summed E-state index contributed by atoms with van der Waals surface area (Å²) >= 11 is 0. The lowest BCUT2D eigenvalue weighted by molar-refractivity contribution is -0.114. The Morgan fingerprint density at radius 1 is 1.14 bits per heavy atom. The van der Waals surface area contributed by atoms with Gasteiger partial charge in [-0.15, -0.1) is 0 Å². The van der Waals surface area contributed by atoms with Crippen molar-refractivity contribution in [1.82, 2.24) is 0 Å². The highest BCUT2D eigenvalue weighted by Gasteiger charge is 1.99. The summed E-state index contributed by atoms with van der Waals surface area (Å²) in [6.45, 7) is 6.49. The average molecular weight is 196 g/mol. The van der Waals surface area contributed by atoms with Crippen LogP contribution in [0.2, 0.25) is 0 Å². The fraction of sp³-hybridized carbons (Fsp3) is 0.769. The van der Waals surface area contributed by atoms with E-state index >= 15 is 0 Å². The molecule has 0 fully saturated rings. The average Bonchev–Trinajstić information content (AvgIpc) is 2.20. The molecule has 0 heterocycles. The van der Waals surface area contributed by atoms with Crippen LogP contribution in [-0.2, 0) is 4.79 Å². The topological polar surface area (TPSA) is 17.1 Å². The lowest BCUT2D eigenvalue weighted by atomic mass is 10.0. The molecule has 0 amide bonds. The Balaban J connectivity index is 3.68. The minimum Gasteiger partial charge on any atom is -0.295 e. The molecule has 0 saturated heterocycles. The van der Waals surface area contributed by atoms with Crippen LogP contribution in [0, 0.1) is 5.92 Å². The Morgan fingerprint density at radius 3 is 2.29 bits per heavy atom. The van der Waals surface area contributed by atoms with E-state index in [1.807, 2.05) is 0 Å². The largest absolute Gasteiger partial charge is 0.295 e. The van der Waals surface area contributed by atoms with Gasteiger partial charge in [-0.25, -0.2) is 0 Å². The molecule has 0 radical (unpaired) electrons. The molecule has 0 aliphatic carbocycles. The number of allylic oxidation sites excluding steroid dienone is 2. The zero-order valence-corrected chi connectivity index (χ0v) is 9.88. The van der Waals surface area contributed by atoms with Gasteiger partial charge in [0.15, 0.2) is 5.78 Å². The molecule has 0 aromatic carbocycles. The number of unbranched alkanes of at least 4 members (excludes halogenated alkanes) is 2. The van der Waals surface area contributed by atoms with Crippen LogP contribution in [0.15, 0.2) is 12.2 Å². The number of hydrogen-bond acceptors (Lipinski definition) is 1. The Kier molecular flexibility index (Phi) is 8.61. The standard InChI is InChI=1S/C13H24O/c1-4-7-8-9-13(14)11-10-12(5-2)6-3/h10-12H,4-9H2,1-3H3. The lowest BCUT2D eigenvalue weighted by Gasteiger charge is -2.04. The van der Waals surface area contributed by atoms with Crippen molar-refractivity contribution in [2.24, 2.45) is 5.92 Å². The van der Waals surface area contributed by atoms with Gasteiger partial charge in [0, 0.05) is 6.42 Å². The number of carbonyl (C=O) groups excluding carboxylic acids is 1. The molecule has 0 bridgehead atoms. The first-order valence-corrected chi connectivity index (χ1v) is 5.95. The quantitative estimate of drug-likeness (QED) is 0.421. The van der Waals surface area contributed by atoms with Crippen molar-refractivity contribution in [3.05, 3.63) is 12.2 Å². The Bertz CT molecular complexity index is 166. The van der Waals surface area contributed by atoms with Crippen LogP contribution in [0.5, 0.6) is 0 Å². The van der Waals surface area contributed by atoms with Gasteiger partial charge in [0.1, 0.15) is 0 Å². The van der Waals surface area contributed by atoms with Gasteiger partial charge in [-0.2, -0.15) is 0 Å². The maximum absolute atomic E-state index is 11.4. The number of carbonyl (C=O) groups is 1. The Labute approximate surface area is 88.6 Å². The third-order valence-corrected chi connectivity index (χ3v) is 2.63. The molecule has 82 valence electrons. The highest BCUT2D eigenvalue weighted by Crippen LogP contribution is 2.09. The minimum atomic E-state index is 0.297. The van der Waals surface area contributed by atoms with Crippen molar-refractivity contribution in [1.29, 1.82) is 0 Å². The molecule has 0 unspecified atom stereocenters. The first-order chi connectivity index (χ1) is 6.74. The van der Waals surface area contributed by atoms with Crippen molar-refractivity contribution < 1.29 is 4.79 Å². The smallest absolute Gasteiger partial charge is 0.155 e. The van der Waals surface area contributed by atoms with E-state index in [-0.39, 0.29) is 0 Å². The van der Waals surface area contributed by atoms with Crippen molar-refractivity contribution in [3.63, 3.8) is 0 Å². The highest BCUT2D eigenvalue weighted by atomic mass is 16.1. The second-order valence-electron chi connectivity index (χ2n) is 3.86. The van der Waals surface area contributed by atoms with E-state index in [2.05, 4.69) is 26.8 Å². The zero-order valence-electron chi connectivity index (χ0n) is 9.88. The van der Waals surface area contributed by atoms with E-state index in [4.69, 9.17) is 0 Å². The highest BCUT2D eigenvalue weighted by molar-refractivity contribution is 5.89. The van der Waals surface area contributed by atoms with Crippen LogP contribution in [0.25, 0.3) is 0 Å². The third kappa shape index (κ3) is 6.88. The summed E-state index contributed by atoms with van der Waals surface area (Å²) in [7, 11) is 0. The first kappa shape index (κ1) is 13.4. The van der Waals surface area contributed by atoms with E-state index < -0.39 is 0 Å². The van der Waals surface area contributed by atoms with Gasteiger partial charge in [0.2, 0.25) is 0 Å². The maximum Gasteiger partial charge on any atom is 0.155 e. The summed E-state index contributed by atoms with van der Waals surface area (Å²) in [6.07, 6.45) is 10.3. The summed E-state index contributed by atoms with van der Waals surface area (Å²) in [5, 5.41) is 0. The predicted molar refractivity (Wildman–Crippen MR) is 62.4 cm³/mol. The summed E-state index contributed by atoms with van der Waals surface area (Å²) < 4.78 is 0. The third-order valence-electron chi connectivity index (χ3n) is 2.63. The van der Waals surface area contributed by atoms with Crippen LogP contribution in [-0.4, -0.2) is 5.78 Å². The van der Waals surface area contributed by atoms with Gasteiger partial charge in [0.05, 0.1) is 0 Å². The molecular weight excluding hydrogens is 172 g/mol. The molecule has 14 heavy (non-hydrogen) atoms. The molecule has 0 N–H and O–H groups in total. The fourth-order valence-electron chi connectivity index (χ4n) is 1.44. The van der Waals surface area contributed by atoms with Gasteiger partial charge in [-0.1, -0.05) is 39.7 Å². The molecule has 0 saturated carbocycles. The minimum absolute atomic E-state index is 0.297. The van der Waals surface area contributed by atoms with Crippen molar-refractivity contribution in [2.75, 3.05) is 0 Å². The second-order valence-corrected chi connectivity index (χ2v) is 3.86. The maximum atomic E-state index is 11.4. The summed E-state index contributed by atoms with van der Waals surface area (Å²) in [5.74, 6) is 0.885. The van der Waals surface area contributed by atoms with Crippen molar-refractivity contribution in [3.8, 4) is 0 Å². The van der Waals surface area contributed by atoms with Crippen LogP contribution in [0.1, 0.15) is 59.3 Å². The Hall–Kier alpha value is -0.590. The zero-order chi connectivity index (χ0) is 10.8.